The number of nitrogens with zero attached hydrogens (tertiary/aromatic N) is 1. The van der Waals surface area contributed by atoms with E-state index in [0.717, 1.165) is 38.4 Å². The van der Waals surface area contributed by atoms with Crippen molar-refractivity contribution in [2.45, 2.75) is 44.8 Å². The molecular formula is C13H21F3N2O3. The number of carboxylic acid groups (broad SMARTS) is 1. The number of carbonyl (C=O) groups is 2. The molecule has 1 saturated carbocycles. The van der Waals surface area contributed by atoms with Crippen LogP contribution in [0, 0.1) is 5.92 Å². The molecule has 0 spiro atoms. The lowest BCUT2D eigenvalue weighted by molar-refractivity contribution is -0.192. The second-order valence-electron chi connectivity index (χ2n) is 5.40. The summed E-state index contributed by atoms with van der Waals surface area (Å²) in [5.41, 5.74) is 0. The predicted octanol–water partition coefficient (Wildman–Crippen LogP) is 1.63. The maximum Gasteiger partial charge on any atom is 0.490 e. The van der Waals surface area contributed by atoms with Crippen molar-refractivity contribution in [3.63, 3.8) is 0 Å². The Hall–Kier alpha value is -1.31. The fourth-order valence-corrected chi connectivity index (χ4v) is 2.23. The topological polar surface area (TPSA) is 69.6 Å². The van der Waals surface area contributed by atoms with Gasteiger partial charge in [-0.2, -0.15) is 13.2 Å². The summed E-state index contributed by atoms with van der Waals surface area (Å²) in [6.07, 6.45) is -0.165. The normalized spacial score (nSPS) is 19.4. The highest BCUT2D eigenvalue weighted by Gasteiger charge is 2.38. The smallest absolute Gasteiger partial charge is 0.475 e. The van der Waals surface area contributed by atoms with Crippen molar-refractivity contribution in [2.24, 2.45) is 5.92 Å². The number of hydrogen-bond acceptors (Lipinski definition) is 3. The average Bonchev–Trinajstić information content (AvgIpc) is 3.20. The van der Waals surface area contributed by atoms with Crippen LogP contribution < -0.4 is 5.32 Å². The van der Waals surface area contributed by atoms with E-state index in [0.29, 0.717) is 6.04 Å². The maximum atomic E-state index is 11.5. The number of nitrogens with one attached hydrogen (secondary N) is 1. The summed E-state index contributed by atoms with van der Waals surface area (Å²) in [6, 6.07) is 0.509. The Labute approximate surface area is 121 Å². The van der Waals surface area contributed by atoms with Crippen LogP contribution in [0.5, 0.6) is 0 Å². The first-order valence-electron chi connectivity index (χ1n) is 7.00. The maximum absolute atomic E-state index is 11.5. The molecule has 1 aliphatic carbocycles. The van der Waals surface area contributed by atoms with Gasteiger partial charge < -0.3 is 15.3 Å². The monoisotopic (exact) mass is 310 g/mol. The summed E-state index contributed by atoms with van der Waals surface area (Å²) in [4.78, 5) is 22.5. The minimum Gasteiger partial charge on any atom is -0.475 e. The minimum absolute atomic E-state index is 0.267. The van der Waals surface area contributed by atoms with Crippen LogP contribution in [0.4, 0.5) is 13.2 Å². The van der Waals surface area contributed by atoms with E-state index in [9.17, 15) is 18.0 Å². The molecule has 0 bridgehead atoms. The van der Waals surface area contributed by atoms with E-state index in [1.165, 1.54) is 12.8 Å². The lowest BCUT2D eigenvalue weighted by atomic mass is 10.0. The van der Waals surface area contributed by atoms with Gasteiger partial charge in [-0.25, -0.2) is 4.79 Å². The highest BCUT2D eigenvalue weighted by Crippen LogP contribution is 2.31. The lowest BCUT2D eigenvalue weighted by Gasteiger charge is -2.34. The zero-order chi connectivity index (χ0) is 16.0. The summed E-state index contributed by atoms with van der Waals surface area (Å²) in [5.74, 6) is -1.68. The number of carbonyl (C=O) groups excluding carboxylic acids is 1. The zero-order valence-corrected chi connectivity index (χ0v) is 11.9. The molecule has 1 saturated heterocycles. The van der Waals surface area contributed by atoms with Gasteiger partial charge in [-0.15, -0.1) is 0 Å². The fourth-order valence-electron chi connectivity index (χ4n) is 2.23. The lowest BCUT2D eigenvalue weighted by Crippen LogP contribution is -2.46. The molecule has 2 N–H and O–H groups in total. The van der Waals surface area contributed by atoms with Gasteiger partial charge in [0.15, 0.2) is 0 Å². The van der Waals surface area contributed by atoms with Gasteiger partial charge in [0.2, 0.25) is 5.91 Å². The van der Waals surface area contributed by atoms with Gasteiger partial charge >= 0.3 is 12.1 Å². The number of hydrogen-bond donors (Lipinski definition) is 2. The molecule has 21 heavy (non-hydrogen) atoms. The SMILES string of the molecule is CC(=O)N(CC1CC1)C1CCNCC1.O=C(O)C(F)(F)F. The number of amides is 1. The first-order chi connectivity index (χ1) is 9.71. The van der Waals surface area contributed by atoms with Crippen molar-refractivity contribution in [2.75, 3.05) is 19.6 Å². The predicted molar refractivity (Wildman–Crippen MR) is 69.7 cm³/mol. The van der Waals surface area contributed by atoms with E-state index in [2.05, 4.69) is 10.2 Å². The van der Waals surface area contributed by atoms with E-state index in [-0.39, 0.29) is 5.91 Å². The molecule has 1 amide bonds. The number of aliphatic carboxylic acids is 1. The molecule has 122 valence electrons. The van der Waals surface area contributed by atoms with Crippen LogP contribution in [-0.4, -0.2) is 53.7 Å². The molecule has 2 fully saturated rings. The van der Waals surface area contributed by atoms with Crippen LogP contribution in [0.1, 0.15) is 32.6 Å². The standard InChI is InChI=1S/C11H20N2O.C2HF3O2/c1-9(14)13(8-10-2-3-10)11-4-6-12-7-5-11;3-2(4,5)1(6)7/h10-12H,2-8H2,1H3;(H,6,7). The van der Waals surface area contributed by atoms with Crippen molar-refractivity contribution in [3.8, 4) is 0 Å². The van der Waals surface area contributed by atoms with Crippen molar-refractivity contribution in [3.05, 3.63) is 0 Å². The van der Waals surface area contributed by atoms with Gasteiger partial charge in [0, 0.05) is 19.5 Å². The summed E-state index contributed by atoms with van der Waals surface area (Å²) in [5, 5.41) is 10.5. The van der Waals surface area contributed by atoms with Crippen molar-refractivity contribution < 1.29 is 27.9 Å². The van der Waals surface area contributed by atoms with Crippen LogP contribution in [0.2, 0.25) is 0 Å². The number of rotatable bonds is 3. The molecule has 2 rings (SSSR count). The third-order valence-electron chi connectivity index (χ3n) is 3.55. The molecule has 1 heterocycles. The molecule has 0 aromatic carbocycles. The molecule has 8 heteroatoms. The molecule has 0 aromatic rings. The van der Waals surface area contributed by atoms with E-state index in [1.54, 1.807) is 6.92 Å². The summed E-state index contributed by atoms with van der Waals surface area (Å²) in [7, 11) is 0. The number of alkyl halides is 3. The van der Waals surface area contributed by atoms with Crippen LogP contribution in [0.3, 0.4) is 0 Å². The third-order valence-corrected chi connectivity index (χ3v) is 3.55. The third kappa shape index (κ3) is 6.79. The van der Waals surface area contributed by atoms with Gasteiger partial charge in [-0.05, 0) is 44.7 Å². The summed E-state index contributed by atoms with van der Waals surface area (Å²) >= 11 is 0. The van der Waals surface area contributed by atoms with Crippen molar-refractivity contribution >= 4 is 11.9 Å². The van der Waals surface area contributed by atoms with Crippen LogP contribution in [0.25, 0.3) is 0 Å². The molecule has 5 nitrogen and oxygen atoms in total. The quantitative estimate of drug-likeness (QED) is 0.831. The highest BCUT2D eigenvalue weighted by atomic mass is 19.4. The Balaban J connectivity index is 0.000000270. The molecule has 0 unspecified atom stereocenters. The Bertz CT molecular complexity index is 364. The largest absolute Gasteiger partial charge is 0.490 e. The highest BCUT2D eigenvalue weighted by molar-refractivity contribution is 5.73. The van der Waals surface area contributed by atoms with Crippen LogP contribution in [-0.2, 0) is 9.59 Å². The van der Waals surface area contributed by atoms with Gasteiger partial charge in [0.05, 0.1) is 0 Å². The fraction of sp³-hybridized carbons (Fsp3) is 0.846. The Morgan fingerprint density at radius 2 is 1.67 bits per heavy atom. The number of carboxylic acids is 1. The van der Waals surface area contributed by atoms with Gasteiger partial charge in [0.25, 0.3) is 0 Å². The molecule has 2 aliphatic rings. The molecule has 1 aliphatic heterocycles. The van der Waals surface area contributed by atoms with Gasteiger partial charge in [-0.1, -0.05) is 0 Å². The van der Waals surface area contributed by atoms with Crippen molar-refractivity contribution in [1.82, 2.24) is 10.2 Å². The Kier molecular flexibility index (Phi) is 6.44. The van der Waals surface area contributed by atoms with Crippen molar-refractivity contribution in [1.29, 1.82) is 0 Å². The number of piperidine rings is 1. The van der Waals surface area contributed by atoms with E-state index >= 15 is 0 Å². The zero-order valence-electron chi connectivity index (χ0n) is 11.9. The van der Waals surface area contributed by atoms with Gasteiger partial charge in [0.1, 0.15) is 0 Å². The van der Waals surface area contributed by atoms with E-state index < -0.39 is 12.1 Å². The van der Waals surface area contributed by atoms with E-state index in [4.69, 9.17) is 9.90 Å². The van der Waals surface area contributed by atoms with Crippen LogP contribution in [0.15, 0.2) is 0 Å². The second kappa shape index (κ2) is 7.63. The summed E-state index contributed by atoms with van der Waals surface area (Å²) in [6.45, 7) is 4.86. The van der Waals surface area contributed by atoms with Crippen LogP contribution >= 0.6 is 0 Å². The first kappa shape index (κ1) is 17.7. The van der Waals surface area contributed by atoms with Gasteiger partial charge in [-0.3, -0.25) is 4.79 Å². The summed E-state index contributed by atoms with van der Waals surface area (Å²) < 4.78 is 31.7. The Morgan fingerprint density at radius 1 is 1.19 bits per heavy atom. The Morgan fingerprint density at radius 3 is 2.00 bits per heavy atom. The average molecular weight is 310 g/mol. The van der Waals surface area contributed by atoms with E-state index in [1.807, 2.05) is 0 Å². The number of halogens is 3. The molecule has 0 aromatic heterocycles. The molecule has 0 radical (unpaired) electrons. The minimum atomic E-state index is -5.08. The molecular weight excluding hydrogens is 289 g/mol. The first-order valence-corrected chi connectivity index (χ1v) is 7.00. The second-order valence-corrected chi connectivity index (χ2v) is 5.40. The molecule has 0 atom stereocenters.